The molecular formula is C124H90B2FN3. The van der Waals surface area contributed by atoms with Gasteiger partial charge in [0.05, 0.1) is 22.5 Å². The number of hydrogen-bond donors (Lipinski definition) is 0. The van der Waals surface area contributed by atoms with Crippen LogP contribution in [0.3, 0.4) is 0 Å². The first-order valence-corrected chi connectivity index (χ1v) is 45.3. The number of aromatic nitrogens is 1. The molecule has 22 aromatic carbocycles. The van der Waals surface area contributed by atoms with Crippen molar-refractivity contribution in [1.82, 2.24) is 4.98 Å². The van der Waals surface area contributed by atoms with Crippen LogP contribution in [0.15, 0.2) is 437 Å². The van der Waals surface area contributed by atoms with Gasteiger partial charge in [-0.2, -0.15) is 0 Å². The summed E-state index contributed by atoms with van der Waals surface area (Å²) in [5, 5.41) is 19.6. The van der Waals surface area contributed by atoms with E-state index in [0.29, 0.717) is 5.69 Å². The molecule has 0 atom stereocenters. The van der Waals surface area contributed by atoms with E-state index in [-0.39, 0.29) is 19.2 Å². The third kappa shape index (κ3) is 12.9. The molecule has 0 amide bonds. The molecule has 614 valence electrons. The highest BCUT2D eigenvalue weighted by Crippen LogP contribution is 2.59. The first kappa shape index (κ1) is 78.9. The molecule has 0 aliphatic heterocycles. The maximum Gasteiger partial charge on any atom is 0.243 e. The van der Waals surface area contributed by atoms with Gasteiger partial charge in [-0.3, -0.25) is 4.98 Å². The number of aryl methyl sites for hydroxylation is 6. The Morgan fingerprint density at radius 3 is 1.18 bits per heavy atom. The Morgan fingerprint density at radius 1 is 0.262 bits per heavy atom. The lowest BCUT2D eigenvalue weighted by molar-refractivity contribution is 0.630. The molecule has 1 aromatic heterocycles. The minimum Gasteiger partial charge on any atom is -0.310 e. The van der Waals surface area contributed by atoms with Crippen molar-refractivity contribution in [2.24, 2.45) is 0 Å². The first-order chi connectivity index (χ1) is 63.9. The minimum absolute atomic E-state index is 0.0130. The summed E-state index contributed by atoms with van der Waals surface area (Å²) in [6.45, 7) is 13.7. The summed E-state index contributed by atoms with van der Waals surface area (Å²) in [4.78, 5) is 9.05. The van der Waals surface area contributed by atoms with E-state index in [0.717, 1.165) is 72.2 Å². The molecule has 1 aliphatic rings. The van der Waals surface area contributed by atoms with Gasteiger partial charge in [0.25, 0.3) is 0 Å². The van der Waals surface area contributed by atoms with Crippen LogP contribution >= 0.6 is 0 Å². The molecule has 0 N–H and O–H groups in total. The third-order valence-electron chi connectivity index (χ3n) is 27.9. The highest BCUT2D eigenvalue weighted by atomic mass is 19.1. The highest BCUT2D eigenvalue weighted by molar-refractivity contribution is 6.98. The smallest absolute Gasteiger partial charge is 0.243 e. The average molecular weight is 1660 g/mol. The van der Waals surface area contributed by atoms with Crippen LogP contribution in [0.25, 0.3) is 120 Å². The van der Waals surface area contributed by atoms with E-state index in [1.165, 1.54) is 164 Å². The largest absolute Gasteiger partial charge is 0.310 e. The lowest BCUT2D eigenvalue weighted by Crippen LogP contribution is -2.56. The molecule has 0 saturated carbocycles. The number of pyridine rings is 1. The zero-order valence-corrected chi connectivity index (χ0v) is 73.4. The molecule has 23 aromatic rings. The summed E-state index contributed by atoms with van der Waals surface area (Å²) < 4.78 is 17.6. The standard InChI is InChI=1S/C69H54BN.C55H36BFN2/c1-43-38-45(3)67(46(4)39-43)70(68-47(5)40-44(2)41-48(68)6)62-36-35-58-54-26-16-17-28-57(54)66-63(37-31-49-30-33-59(62)65(58)64(49)66)71(52-24-14-9-15-25-52)53-32-34-56-55-27-18-19-29-60(55)69(61(56)42-53,50-20-10-7-11-21-50)51-22-12-8-13-23-51;57-50-36-40(37-15-5-1-6-16-37)35-48(38-17-7-2-8-18-38)55(50)59(43-21-11-4-12-22-43)51-30-26-39-25-27-47-49(56(41-19-9-3-10-20-41)42-31-33-58-34-32-42)29-28-46-44-23-13-14-24-45(44)54(51)52(39)53(46)47/h7-42H,1-6H3;1-36H. The Bertz CT molecular complexity index is 8120. The Morgan fingerprint density at radius 2 is 0.662 bits per heavy atom. The lowest BCUT2D eigenvalue weighted by Gasteiger charge is -2.35. The van der Waals surface area contributed by atoms with Gasteiger partial charge in [-0.15, -0.1) is 0 Å². The van der Waals surface area contributed by atoms with Crippen molar-refractivity contribution in [3.8, 4) is 33.4 Å². The number of halogens is 1. The van der Waals surface area contributed by atoms with E-state index in [2.05, 4.69) is 408 Å². The average Bonchev–Trinajstić information content (AvgIpc) is 1.44. The van der Waals surface area contributed by atoms with Crippen molar-refractivity contribution in [2.45, 2.75) is 47.0 Å². The molecule has 0 radical (unpaired) electrons. The fourth-order valence-electron chi connectivity index (χ4n) is 22.8. The summed E-state index contributed by atoms with van der Waals surface area (Å²) >= 11 is 0. The number of fused-ring (bicyclic) bond motifs is 9. The van der Waals surface area contributed by atoms with Crippen LogP contribution in [-0.2, 0) is 5.41 Å². The molecule has 1 heterocycles. The first-order valence-electron chi connectivity index (χ1n) is 45.3. The van der Waals surface area contributed by atoms with Crippen LogP contribution in [0.1, 0.15) is 55.6 Å². The van der Waals surface area contributed by atoms with E-state index < -0.39 is 5.41 Å². The Labute approximate surface area is 759 Å². The third-order valence-corrected chi connectivity index (χ3v) is 27.9. The Balaban J connectivity index is 0.000000151. The number of benzene rings is 22. The van der Waals surface area contributed by atoms with Crippen molar-refractivity contribution in [1.29, 1.82) is 0 Å². The van der Waals surface area contributed by atoms with Gasteiger partial charge in [0.2, 0.25) is 13.4 Å². The molecule has 3 nitrogen and oxygen atoms in total. The normalized spacial score (nSPS) is 12.2. The lowest BCUT2D eigenvalue weighted by atomic mass is 9.33. The quantitative estimate of drug-likeness (QED) is 0.0546. The molecule has 6 heteroatoms. The zero-order chi connectivity index (χ0) is 87.4. The van der Waals surface area contributed by atoms with Gasteiger partial charge in [-0.05, 0) is 229 Å². The van der Waals surface area contributed by atoms with Crippen molar-refractivity contribution in [2.75, 3.05) is 9.80 Å². The van der Waals surface area contributed by atoms with Crippen LogP contribution in [0.4, 0.5) is 38.5 Å². The summed E-state index contributed by atoms with van der Waals surface area (Å²) in [5.74, 6) is -0.297. The van der Waals surface area contributed by atoms with E-state index in [4.69, 9.17) is 0 Å². The predicted octanol–water partition coefficient (Wildman–Crippen LogP) is 28.5. The van der Waals surface area contributed by atoms with E-state index in [9.17, 15) is 0 Å². The molecule has 130 heavy (non-hydrogen) atoms. The minimum atomic E-state index is -0.530. The Kier molecular flexibility index (Phi) is 19.6. The molecule has 0 bridgehead atoms. The van der Waals surface area contributed by atoms with Crippen molar-refractivity contribution < 1.29 is 4.39 Å². The van der Waals surface area contributed by atoms with Crippen molar-refractivity contribution >= 4 is 167 Å². The second kappa shape index (κ2) is 32.3. The van der Waals surface area contributed by atoms with Crippen LogP contribution in [0, 0.1) is 47.4 Å². The second-order valence-electron chi connectivity index (χ2n) is 35.5. The van der Waals surface area contributed by atoms with Crippen molar-refractivity contribution in [3.05, 3.63) is 498 Å². The van der Waals surface area contributed by atoms with E-state index >= 15 is 4.39 Å². The highest BCUT2D eigenvalue weighted by Gasteiger charge is 2.47. The maximum absolute atomic E-state index is 17.6. The second-order valence-corrected chi connectivity index (χ2v) is 35.5. The van der Waals surface area contributed by atoms with Gasteiger partial charge in [0.1, 0.15) is 5.82 Å². The van der Waals surface area contributed by atoms with E-state index in [1.54, 1.807) is 6.07 Å². The van der Waals surface area contributed by atoms with Crippen LogP contribution in [0.5, 0.6) is 0 Å². The Hall–Kier alpha value is -15.8. The number of para-hydroxylation sites is 2. The molecule has 1 aliphatic carbocycles. The molecular weight excluding hydrogens is 1570 g/mol. The number of hydrogen-bond acceptors (Lipinski definition) is 3. The van der Waals surface area contributed by atoms with Crippen molar-refractivity contribution in [3.63, 3.8) is 0 Å². The summed E-state index contributed by atoms with van der Waals surface area (Å²) in [6.07, 6.45) is 3.77. The predicted molar refractivity (Wildman–Crippen MR) is 554 cm³/mol. The fourth-order valence-corrected chi connectivity index (χ4v) is 22.8. The SMILES string of the molecule is Cc1cc(C)c(B(c2c(C)cc(C)cc2C)c2ccc3c4ccccc4c4c(N(c5ccccc5)c5ccc6c(c5)C(c5ccccc5)(c5ccccc5)c5ccccc5-6)ccc5ccc2c3c54)c(C)c1.Fc1cc(-c2ccccc2)cc(-c2ccccc2)c1N(c1ccccc1)c1ccc2ccc3c(B(c4ccccc4)c4ccncc4)ccc4c5ccccc5c1c2c34. The van der Waals surface area contributed by atoms with Gasteiger partial charge in [0, 0.05) is 56.6 Å². The van der Waals surface area contributed by atoms with Gasteiger partial charge in [-0.1, -0.05) is 418 Å². The maximum atomic E-state index is 17.6. The molecule has 0 saturated heterocycles. The molecule has 0 spiro atoms. The van der Waals surface area contributed by atoms with Gasteiger partial charge < -0.3 is 9.80 Å². The summed E-state index contributed by atoms with van der Waals surface area (Å²) in [7, 11) is 0. The fraction of sp³-hybridized carbons (Fsp3) is 0.0565. The van der Waals surface area contributed by atoms with Crippen LogP contribution in [-0.4, -0.2) is 18.4 Å². The number of rotatable bonds is 16. The number of anilines is 6. The van der Waals surface area contributed by atoms with Gasteiger partial charge >= 0.3 is 0 Å². The van der Waals surface area contributed by atoms with Gasteiger partial charge in [0.15, 0.2) is 0 Å². The topological polar surface area (TPSA) is 19.4 Å². The number of nitrogens with zero attached hydrogens (tertiary/aromatic N) is 3. The van der Waals surface area contributed by atoms with E-state index in [1.807, 2.05) is 79.1 Å². The molecule has 0 unspecified atom stereocenters. The summed E-state index contributed by atoms with van der Waals surface area (Å²) in [6, 6.07) is 154. The summed E-state index contributed by atoms with van der Waals surface area (Å²) in [5.41, 5.74) is 32.1. The monoisotopic (exact) mass is 1660 g/mol. The molecule has 24 rings (SSSR count). The van der Waals surface area contributed by atoms with Crippen LogP contribution in [0.2, 0.25) is 0 Å². The van der Waals surface area contributed by atoms with Crippen LogP contribution < -0.4 is 42.6 Å². The molecule has 0 fully saturated rings. The van der Waals surface area contributed by atoms with Gasteiger partial charge in [-0.25, -0.2) is 4.39 Å². The zero-order valence-electron chi connectivity index (χ0n) is 73.4.